The highest BCUT2D eigenvalue weighted by Gasteiger charge is 2.29. The molecule has 2 rings (SSSR count). The monoisotopic (exact) mass is 238 g/mol. The van der Waals surface area contributed by atoms with Crippen LogP contribution in [0.15, 0.2) is 0 Å². The Morgan fingerprint density at radius 1 is 1.12 bits per heavy atom. The SMILES string of the molecule is CCC1CCC(N(C)CCC(N)C2CC2)CC1. The molecule has 0 aromatic rings. The molecule has 0 saturated heterocycles. The molecule has 100 valence electrons. The van der Waals surface area contributed by atoms with Crippen molar-refractivity contribution in [2.24, 2.45) is 17.6 Å². The minimum Gasteiger partial charge on any atom is -0.327 e. The van der Waals surface area contributed by atoms with E-state index in [-0.39, 0.29) is 0 Å². The van der Waals surface area contributed by atoms with Gasteiger partial charge in [0.15, 0.2) is 0 Å². The summed E-state index contributed by atoms with van der Waals surface area (Å²) in [6.45, 7) is 3.54. The number of hydrogen-bond acceptors (Lipinski definition) is 2. The Labute approximate surface area is 107 Å². The fraction of sp³-hybridized carbons (Fsp3) is 1.00. The van der Waals surface area contributed by atoms with Gasteiger partial charge in [0.05, 0.1) is 0 Å². The second-order valence-electron chi connectivity index (χ2n) is 6.35. The standard InChI is InChI=1S/C15H30N2/c1-3-12-4-8-14(9-5-12)17(2)11-10-15(16)13-6-7-13/h12-15H,3-11,16H2,1-2H3. The maximum absolute atomic E-state index is 6.17. The van der Waals surface area contributed by atoms with Crippen molar-refractivity contribution in [1.82, 2.24) is 4.90 Å². The maximum atomic E-state index is 6.17. The van der Waals surface area contributed by atoms with Crippen molar-refractivity contribution >= 4 is 0 Å². The third-order valence-electron chi connectivity index (χ3n) is 5.06. The van der Waals surface area contributed by atoms with E-state index in [0.29, 0.717) is 6.04 Å². The zero-order valence-electron chi connectivity index (χ0n) is 11.7. The zero-order chi connectivity index (χ0) is 12.3. The lowest BCUT2D eigenvalue weighted by Gasteiger charge is -2.34. The minimum atomic E-state index is 0.476. The van der Waals surface area contributed by atoms with Crippen molar-refractivity contribution < 1.29 is 0 Å². The first-order chi connectivity index (χ1) is 8.20. The zero-order valence-corrected chi connectivity index (χ0v) is 11.7. The molecule has 0 aromatic heterocycles. The molecule has 1 atom stereocenters. The van der Waals surface area contributed by atoms with Crippen LogP contribution in [-0.4, -0.2) is 30.6 Å². The minimum absolute atomic E-state index is 0.476. The fourth-order valence-corrected chi connectivity index (χ4v) is 3.29. The number of nitrogens with two attached hydrogens (primary N) is 1. The maximum Gasteiger partial charge on any atom is 0.00924 e. The molecule has 0 aliphatic heterocycles. The third-order valence-corrected chi connectivity index (χ3v) is 5.06. The van der Waals surface area contributed by atoms with Crippen LogP contribution in [0.3, 0.4) is 0 Å². The van der Waals surface area contributed by atoms with Crippen LogP contribution in [0.25, 0.3) is 0 Å². The molecular formula is C15H30N2. The van der Waals surface area contributed by atoms with Crippen molar-refractivity contribution in [2.75, 3.05) is 13.6 Å². The van der Waals surface area contributed by atoms with E-state index in [1.54, 1.807) is 0 Å². The molecule has 2 fully saturated rings. The number of rotatable bonds is 6. The van der Waals surface area contributed by atoms with E-state index in [0.717, 1.165) is 17.9 Å². The predicted octanol–water partition coefficient (Wildman–Crippen LogP) is 3.01. The van der Waals surface area contributed by atoms with Crippen LogP contribution in [0.5, 0.6) is 0 Å². The lowest BCUT2D eigenvalue weighted by molar-refractivity contribution is 0.158. The molecule has 0 bridgehead atoms. The Kier molecular flexibility index (Phi) is 4.87. The summed E-state index contributed by atoms with van der Waals surface area (Å²) in [5.41, 5.74) is 6.17. The Morgan fingerprint density at radius 2 is 1.76 bits per heavy atom. The Morgan fingerprint density at radius 3 is 2.29 bits per heavy atom. The van der Waals surface area contributed by atoms with Crippen LogP contribution in [0.2, 0.25) is 0 Å². The molecular weight excluding hydrogens is 208 g/mol. The summed E-state index contributed by atoms with van der Waals surface area (Å²) in [6.07, 6.45) is 11.1. The van der Waals surface area contributed by atoms with E-state index < -0.39 is 0 Å². The molecule has 1 unspecified atom stereocenters. The van der Waals surface area contributed by atoms with Gasteiger partial charge in [0, 0.05) is 12.1 Å². The second-order valence-corrected chi connectivity index (χ2v) is 6.35. The fourth-order valence-electron chi connectivity index (χ4n) is 3.29. The summed E-state index contributed by atoms with van der Waals surface area (Å²) in [7, 11) is 2.30. The van der Waals surface area contributed by atoms with E-state index in [2.05, 4.69) is 18.9 Å². The molecule has 0 amide bonds. The van der Waals surface area contributed by atoms with Crippen LogP contribution >= 0.6 is 0 Å². The van der Waals surface area contributed by atoms with E-state index >= 15 is 0 Å². The molecule has 0 aromatic carbocycles. The van der Waals surface area contributed by atoms with Crippen molar-refractivity contribution in [3.8, 4) is 0 Å². The van der Waals surface area contributed by atoms with E-state index in [1.165, 1.54) is 57.9 Å². The van der Waals surface area contributed by atoms with Gasteiger partial charge in [0.2, 0.25) is 0 Å². The van der Waals surface area contributed by atoms with Crippen LogP contribution in [-0.2, 0) is 0 Å². The van der Waals surface area contributed by atoms with E-state index in [9.17, 15) is 0 Å². The van der Waals surface area contributed by atoms with Crippen LogP contribution < -0.4 is 5.73 Å². The Bertz CT molecular complexity index is 217. The molecule has 2 heteroatoms. The summed E-state index contributed by atoms with van der Waals surface area (Å²) in [6, 6.07) is 1.31. The van der Waals surface area contributed by atoms with Crippen molar-refractivity contribution in [3.63, 3.8) is 0 Å². The van der Waals surface area contributed by atoms with E-state index in [1.807, 2.05) is 0 Å². The lowest BCUT2D eigenvalue weighted by atomic mass is 9.84. The van der Waals surface area contributed by atoms with Gasteiger partial charge < -0.3 is 10.6 Å². The second kappa shape index (κ2) is 6.19. The highest BCUT2D eigenvalue weighted by Crippen LogP contribution is 2.33. The van der Waals surface area contributed by atoms with Crippen molar-refractivity contribution in [1.29, 1.82) is 0 Å². The van der Waals surface area contributed by atoms with Gasteiger partial charge in [-0.2, -0.15) is 0 Å². The summed E-state index contributed by atoms with van der Waals surface area (Å²) in [4.78, 5) is 2.58. The van der Waals surface area contributed by atoms with Gasteiger partial charge in [-0.3, -0.25) is 0 Å². The van der Waals surface area contributed by atoms with Crippen LogP contribution in [0, 0.1) is 11.8 Å². The molecule has 2 nitrogen and oxygen atoms in total. The normalized spacial score (nSPS) is 31.8. The Balaban J connectivity index is 1.63. The number of nitrogens with zero attached hydrogens (tertiary/aromatic N) is 1. The summed E-state index contributed by atoms with van der Waals surface area (Å²) >= 11 is 0. The van der Waals surface area contributed by atoms with Crippen molar-refractivity contribution in [3.05, 3.63) is 0 Å². The molecule has 0 radical (unpaired) electrons. The Hall–Kier alpha value is -0.0800. The molecule has 0 spiro atoms. The smallest absolute Gasteiger partial charge is 0.00924 e. The highest BCUT2D eigenvalue weighted by molar-refractivity contribution is 4.85. The predicted molar refractivity (Wildman–Crippen MR) is 74.0 cm³/mol. The highest BCUT2D eigenvalue weighted by atomic mass is 15.1. The topological polar surface area (TPSA) is 29.3 Å². The molecule has 2 N–H and O–H groups in total. The molecule has 2 aliphatic carbocycles. The lowest BCUT2D eigenvalue weighted by Crippen LogP contribution is -2.38. The average Bonchev–Trinajstić information content (AvgIpc) is 3.20. The molecule has 17 heavy (non-hydrogen) atoms. The van der Waals surface area contributed by atoms with Gasteiger partial charge in [-0.25, -0.2) is 0 Å². The molecule has 0 heterocycles. The first kappa shape index (κ1) is 13.4. The largest absolute Gasteiger partial charge is 0.327 e. The summed E-state index contributed by atoms with van der Waals surface area (Å²) < 4.78 is 0. The molecule has 2 saturated carbocycles. The molecule has 2 aliphatic rings. The summed E-state index contributed by atoms with van der Waals surface area (Å²) in [5, 5.41) is 0. The van der Waals surface area contributed by atoms with Gasteiger partial charge in [0.25, 0.3) is 0 Å². The van der Waals surface area contributed by atoms with Crippen LogP contribution in [0.4, 0.5) is 0 Å². The first-order valence-electron chi connectivity index (χ1n) is 7.66. The van der Waals surface area contributed by atoms with Gasteiger partial charge in [0.1, 0.15) is 0 Å². The quantitative estimate of drug-likeness (QED) is 0.771. The van der Waals surface area contributed by atoms with Gasteiger partial charge in [-0.05, 0) is 70.4 Å². The number of hydrogen-bond donors (Lipinski definition) is 1. The van der Waals surface area contributed by atoms with Crippen LogP contribution in [0.1, 0.15) is 58.3 Å². The average molecular weight is 238 g/mol. The summed E-state index contributed by atoms with van der Waals surface area (Å²) in [5.74, 6) is 1.87. The first-order valence-corrected chi connectivity index (χ1v) is 7.66. The van der Waals surface area contributed by atoms with Gasteiger partial charge in [-0.1, -0.05) is 13.3 Å². The van der Waals surface area contributed by atoms with E-state index in [4.69, 9.17) is 5.73 Å². The van der Waals surface area contributed by atoms with Crippen molar-refractivity contribution in [2.45, 2.75) is 70.4 Å². The third kappa shape index (κ3) is 3.96. The van der Waals surface area contributed by atoms with Gasteiger partial charge in [-0.15, -0.1) is 0 Å². The van der Waals surface area contributed by atoms with Gasteiger partial charge >= 0.3 is 0 Å².